The number of carbonyl (C=O) groups is 2. The van der Waals surface area contributed by atoms with E-state index in [0.29, 0.717) is 0 Å². The number of amides is 1. The molecule has 0 aromatic heterocycles. The molecule has 6 heteroatoms. The predicted octanol–water partition coefficient (Wildman–Crippen LogP) is 3.80. The summed E-state index contributed by atoms with van der Waals surface area (Å²) in [6.45, 7) is 10.0. The third kappa shape index (κ3) is 12.0. The second kappa shape index (κ2) is 16.6. The van der Waals surface area contributed by atoms with Crippen LogP contribution in [0.1, 0.15) is 29.2 Å². The average Bonchev–Trinajstić information content (AvgIpc) is 2.82. The van der Waals surface area contributed by atoms with E-state index in [2.05, 4.69) is 48.0 Å². The Morgan fingerprint density at radius 1 is 0.969 bits per heavy atom. The number of nitrogens with zero attached hydrogens (tertiary/aromatic N) is 2. The molecule has 1 amide bonds. The summed E-state index contributed by atoms with van der Waals surface area (Å²) in [5.41, 5.74) is 6.22. The van der Waals surface area contributed by atoms with Crippen LogP contribution in [0, 0.1) is 6.92 Å². The fourth-order valence-corrected chi connectivity index (χ4v) is 3.07. The second-order valence-corrected chi connectivity index (χ2v) is 7.48. The molecule has 1 saturated heterocycles. The van der Waals surface area contributed by atoms with Gasteiger partial charge in [-0.25, -0.2) is 5.48 Å². The number of benzene rings is 2. The van der Waals surface area contributed by atoms with Crippen LogP contribution in [0.25, 0.3) is 12.2 Å². The highest BCUT2D eigenvalue weighted by Crippen LogP contribution is 2.09. The van der Waals surface area contributed by atoms with Crippen molar-refractivity contribution >= 4 is 24.8 Å². The smallest absolute Gasteiger partial charge is 0.230 e. The summed E-state index contributed by atoms with van der Waals surface area (Å²) in [5.74, 6) is 0. The lowest BCUT2D eigenvalue weighted by atomic mass is 10.1. The van der Waals surface area contributed by atoms with Gasteiger partial charge in [-0.05, 0) is 49.7 Å². The van der Waals surface area contributed by atoms with Gasteiger partial charge in [-0.3, -0.25) is 19.7 Å². The number of allylic oxidation sites excluding steroid dienone is 2. The average molecular weight is 438 g/mol. The first-order chi connectivity index (χ1) is 15.5. The Bertz CT molecular complexity index is 840. The molecule has 2 aromatic rings. The largest absolute Gasteiger partial charge is 0.304 e. The molecule has 1 aliphatic rings. The molecule has 1 heterocycles. The van der Waals surface area contributed by atoms with Crippen molar-refractivity contribution in [2.75, 3.05) is 33.2 Å². The third-order valence-corrected chi connectivity index (χ3v) is 4.81. The maximum absolute atomic E-state index is 10.1. The van der Waals surface area contributed by atoms with Crippen LogP contribution in [-0.2, 0) is 16.1 Å². The Morgan fingerprint density at radius 3 is 2.09 bits per heavy atom. The van der Waals surface area contributed by atoms with Gasteiger partial charge in [0.1, 0.15) is 6.29 Å². The van der Waals surface area contributed by atoms with E-state index in [1.807, 2.05) is 43.3 Å². The molecule has 1 fully saturated rings. The van der Waals surface area contributed by atoms with Crippen LogP contribution < -0.4 is 5.48 Å². The zero-order chi connectivity index (χ0) is 23.6. The quantitative estimate of drug-likeness (QED) is 0.311. The van der Waals surface area contributed by atoms with Crippen LogP contribution in [0.4, 0.5) is 0 Å². The van der Waals surface area contributed by atoms with Crippen LogP contribution in [0.2, 0.25) is 0 Å². The van der Waals surface area contributed by atoms with Crippen molar-refractivity contribution in [3.63, 3.8) is 0 Å². The predicted molar refractivity (Wildman–Crippen MR) is 131 cm³/mol. The molecule has 32 heavy (non-hydrogen) atoms. The van der Waals surface area contributed by atoms with Crippen LogP contribution in [0.3, 0.4) is 0 Å². The molecule has 172 valence electrons. The number of aryl methyl sites for hydroxylation is 1. The van der Waals surface area contributed by atoms with Crippen molar-refractivity contribution in [1.82, 2.24) is 15.3 Å². The lowest BCUT2D eigenvalue weighted by Gasteiger charge is -2.32. The summed E-state index contributed by atoms with van der Waals surface area (Å²) in [5, 5.41) is 7.26. The van der Waals surface area contributed by atoms with Crippen molar-refractivity contribution in [3.05, 3.63) is 82.9 Å². The van der Waals surface area contributed by atoms with Crippen molar-refractivity contribution in [3.8, 4) is 0 Å². The van der Waals surface area contributed by atoms with E-state index >= 15 is 0 Å². The monoisotopic (exact) mass is 437 g/mol. The van der Waals surface area contributed by atoms with Gasteiger partial charge >= 0.3 is 0 Å². The maximum atomic E-state index is 10.1. The van der Waals surface area contributed by atoms with Gasteiger partial charge in [0.05, 0.1) is 0 Å². The topological polar surface area (TPSA) is 72.9 Å². The molecule has 0 radical (unpaired) electrons. The first kappa shape index (κ1) is 27.0. The molecular weight excluding hydrogens is 402 g/mol. The number of rotatable bonds is 6. The molecule has 1 aliphatic heterocycles. The zero-order valence-electron chi connectivity index (χ0n) is 19.3. The SMILES string of the molecule is C/C=C/c1cccc(/C=C/C=O)c1.Cc1ccc(CN2CCN(C)CC2)cc1.O=CNO. The van der Waals surface area contributed by atoms with E-state index < -0.39 is 0 Å². The lowest BCUT2D eigenvalue weighted by molar-refractivity contribution is -0.116. The Hall–Kier alpha value is -3.06. The number of hydrogen-bond donors (Lipinski definition) is 2. The summed E-state index contributed by atoms with van der Waals surface area (Å²) >= 11 is 0. The number of hydroxylamine groups is 1. The highest BCUT2D eigenvalue weighted by atomic mass is 16.5. The highest BCUT2D eigenvalue weighted by molar-refractivity contribution is 5.74. The van der Waals surface area contributed by atoms with E-state index in [4.69, 9.17) is 10.0 Å². The van der Waals surface area contributed by atoms with Crippen molar-refractivity contribution in [2.45, 2.75) is 20.4 Å². The van der Waals surface area contributed by atoms with Gasteiger partial charge in [0, 0.05) is 32.7 Å². The Morgan fingerprint density at radius 2 is 1.56 bits per heavy atom. The van der Waals surface area contributed by atoms with Crippen LogP contribution >= 0.6 is 0 Å². The van der Waals surface area contributed by atoms with Gasteiger partial charge in [0.25, 0.3) is 0 Å². The Balaban J connectivity index is 0.000000277. The van der Waals surface area contributed by atoms with E-state index in [-0.39, 0.29) is 6.41 Å². The number of likely N-dealkylation sites (N-methyl/N-ethyl adjacent to an activating group) is 1. The molecule has 0 atom stereocenters. The van der Waals surface area contributed by atoms with Crippen molar-refractivity contribution in [2.24, 2.45) is 0 Å². The molecule has 0 saturated carbocycles. The minimum absolute atomic E-state index is 0.181. The molecule has 2 N–H and O–H groups in total. The van der Waals surface area contributed by atoms with Gasteiger partial charge in [-0.15, -0.1) is 0 Å². The Kier molecular flexibility index (Phi) is 14.0. The van der Waals surface area contributed by atoms with Gasteiger partial charge in [-0.1, -0.05) is 66.3 Å². The van der Waals surface area contributed by atoms with Crippen molar-refractivity contribution < 1.29 is 14.8 Å². The Labute approximate surface area is 191 Å². The minimum Gasteiger partial charge on any atom is -0.304 e. The molecule has 0 aliphatic carbocycles. The highest BCUT2D eigenvalue weighted by Gasteiger charge is 2.13. The van der Waals surface area contributed by atoms with E-state index in [1.54, 1.807) is 6.08 Å². The summed E-state index contributed by atoms with van der Waals surface area (Å²) in [7, 11) is 2.20. The fourth-order valence-electron chi connectivity index (χ4n) is 3.07. The third-order valence-electron chi connectivity index (χ3n) is 4.81. The number of hydrogen-bond acceptors (Lipinski definition) is 5. The first-order valence-corrected chi connectivity index (χ1v) is 10.7. The molecular formula is C26H35N3O3. The summed E-state index contributed by atoms with van der Waals surface area (Å²) in [4.78, 5) is 23.8. The minimum atomic E-state index is 0.181. The first-order valence-electron chi connectivity index (χ1n) is 10.7. The molecule has 3 rings (SSSR count). The number of nitrogens with one attached hydrogen (secondary N) is 1. The summed E-state index contributed by atoms with van der Waals surface area (Å²) < 4.78 is 0. The fraction of sp³-hybridized carbons (Fsp3) is 0.308. The number of aldehydes is 1. The molecule has 2 aromatic carbocycles. The maximum Gasteiger partial charge on any atom is 0.230 e. The standard InChI is InChI=1S/C13H20N2.C12H12O.CH3NO2/c1-12-3-5-13(6-4-12)11-15-9-7-14(2)8-10-15;1-2-5-11-6-3-7-12(10-11)8-4-9-13;3-1-2-4/h3-6H,7-11H2,1-2H3;2-10H,1H3;1,4H,(H,2,3)/b;5-2+,8-4+;. The molecule has 0 bridgehead atoms. The normalized spacial score (nSPS) is 14.2. The second-order valence-electron chi connectivity index (χ2n) is 7.48. The van der Waals surface area contributed by atoms with E-state index in [9.17, 15) is 4.79 Å². The van der Waals surface area contributed by atoms with Gasteiger partial charge in [-0.2, -0.15) is 0 Å². The van der Waals surface area contributed by atoms with E-state index in [0.717, 1.165) is 24.0 Å². The van der Waals surface area contributed by atoms with Crippen LogP contribution in [-0.4, -0.2) is 60.9 Å². The number of piperazine rings is 1. The van der Waals surface area contributed by atoms with E-state index in [1.165, 1.54) is 48.9 Å². The zero-order valence-corrected chi connectivity index (χ0v) is 19.3. The summed E-state index contributed by atoms with van der Waals surface area (Å²) in [6.07, 6.45) is 8.26. The van der Waals surface area contributed by atoms with Crippen LogP contribution in [0.5, 0.6) is 0 Å². The number of carbonyl (C=O) groups excluding carboxylic acids is 2. The van der Waals surface area contributed by atoms with Crippen LogP contribution in [0.15, 0.2) is 60.7 Å². The lowest BCUT2D eigenvalue weighted by Crippen LogP contribution is -2.43. The van der Waals surface area contributed by atoms with Crippen molar-refractivity contribution in [1.29, 1.82) is 0 Å². The summed E-state index contributed by atoms with van der Waals surface area (Å²) in [6, 6.07) is 16.9. The van der Waals surface area contributed by atoms with Gasteiger partial charge in [0.15, 0.2) is 0 Å². The van der Waals surface area contributed by atoms with Gasteiger partial charge < -0.3 is 4.90 Å². The molecule has 0 spiro atoms. The molecule has 6 nitrogen and oxygen atoms in total. The van der Waals surface area contributed by atoms with Gasteiger partial charge in [0.2, 0.25) is 6.41 Å². The molecule has 0 unspecified atom stereocenters.